The van der Waals surface area contributed by atoms with E-state index in [2.05, 4.69) is 49.7 Å². The van der Waals surface area contributed by atoms with Crippen LogP contribution in [0.25, 0.3) is 0 Å². The van der Waals surface area contributed by atoms with Crippen molar-refractivity contribution in [2.45, 2.75) is 56.8 Å². The van der Waals surface area contributed by atoms with Gasteiger partial charge in [-0.3, -0.25) is 14.4 Å². The second-order valence-electron chi connectivity index (χ2n) is 12.4. The van der Waals surface area contributed by atoms with Crippen molar-refractivity contribution >= 4 is 34.8 Å². The lowest BCUT2D eigenvalue weighted by atomic mass is 10.1. The Balaban J connectivity index is 1.05. The Kier molecular flexibility index (Phi) is 7.97. The Labute approximate surface area is 257 Å². The number of amides is 3. The summed E-state index contributed by atoms with van der Waals surface area (Å²) >= 11 is 0. The van der Waals surface area contributed by atoms with Crippen molar-refractivity contribution in [3.05, 3.63) is 71.4 Å². The molecule has 0 radical (unpaired) electrons. The molecule has 4 fully saturated rings. The van der Waals surface area contributed by atoms with Gasteiger partial charge in [-0.2, -0.15) is 0 Å². The van der Waals surface area contributed by atoms with E-state index in [-0.39, 0.29) is 23.4 Å². The molecule has 0 spiro atoms. The lowest BCUT2D eigenvalue weighted by molar-refractivity contribution is -0.127. The van der Waals surface area contributed by atoms with Crippen LogP contribution in [-0.4, -0.2) is 73.4 Å². The molecule has 3 amide bonds. The fraction of sp³-hybridized carbons (Fsp3) is 0.471. The number of nitrogens with zero attached hydrogens (tertiary/aromatic N) is 4. The van der Waals surface area contributed by atoms with Crippen molar-refractivity contribution in [1.82, 2.24) is 15.2 Å². The van der Waals surface area contributed by atoms with Crippen molar-refractivity contribution in [3.8, 4) is 0 Å². The molecule has 0 bridgehead atoms. The summed E-state index contributed by atoms with van der Waals surface area (Å²) in [6.07, 6.45) is 8.25. The van der Waals surface area contributed by atoms with Crippen LogP contribution in [0, 0.1) is 0 Å². The van der Waals surface area contributed by atoms with Crippen LogP contribution in [0.1, 0.15) is 89.1 Å². The van der Waals surface area contributed by atoms with Crippen molar-refractivity contribution < 1.29 is 18.8 Å². The molecule has 2 saturated carbocycles. The maximum atomic E-state index is 13.3. The van der Waals surface area contributed by atoms with Gasteiger partial charge in [0.15, 0.2) is 11.6 Å². The first-order valence-electron chi connectivity index (χ1n) is 16.1. The zero-order valence-electron chi connectivity index (χ0n) is 25.1. The van der Waals surface area contributed by atoms with E-state index in [4.69, 9.17) is 4.42 Å². The second kappa shape index (κ2) is 12.3. The molecular formula is C34H40N6O4. The summed E-state index contributed by atoms with van der Waals surface area (Å²) in [6, 6.07) is 14.3. The lowest BCUT2D eigenvalue weighted by Gasteiger charge is -2.39. The minimum Gasteiger partial charge on any atom is -0.448 e. The molecule has 2 aliphatic carbocycles. The highest BCUT2D eigenvalue weighted by Gasteiger charge is 2.31. The van der Waals surface area contributed by atoms with Crippen LogP contribution in [-0.2, 0) is 4.79 Å². The summed E-state index contributed by atoms with van der Waals surface area (Å²) in [6.45, 7) is 5.24. The summed E-state index contributed by atoms with van der Waals surface area (Å²) in [7, 11) is 0. The summed E-state index contributed by atoms with van der Waals surface area (Å²) < 4.78 is 5.56. The SMILES string of the molecule is O=C(NCCCN1CCCC1=O)c1ccc(N2CCN(c3ccccc3C3CC3)CC2)c(NC(=O)c2coc(C3CC3)n2)c1. The van der Waals surface area contributed by atoms with Crippen LogP contribution in [0.3, 0.4) is 0 Å². The van der Waals surface area contributed by atoms with Crippen molar-refractivity contribution in [3.63, 3.8) is 0 Å². The highest BCUT2D eigenvalue weighted by molar-refractivity contribution is 6.06. The van der Waals surface area contributed by atoms with Crippen molar-refractivity contribution in [1.29, 1.82) is 0 Å². The van der Waals surface area contributed by atoms with Gasteiger partial charge in [0.25, 0.3) is 11.8 Å². The number of carbonyl (C=O) groups excluding carboxylic acids is 3. The number of oxazole rings is 1. The molecule has 2 saturated heterocycles. The Hall–Kier alpha value is -4.34. The number of piperazine rings is 1. The first kappa shape index (κ1) is 28.4. The molecule has 3 heterocycles. The number of benzene rings is 2. The molecule has 4 aliphatic rings. The van der Waals surface area contributed by atoms with Crippen LogP contribution >= 0.6 is 0 Å². The number of carbonyl (C=O) groups is 3. The van der Waals surface area contributed by atoms with Gasteiger partial charge in [0.05, 0.1) is 11.4 Å². The normalized spacial score (nSPS) is 18.5. The van der Waals surface area contributed by atoms with Gasteiger partial charge in [-0.25, -0.2) is 4.98 Å². The molecule has 1 aromatic heterocycles. The molecule has 10 heteroatoms. The molecule has 0 unspecified atom stereocenters. The van der Waals surface area contributed by atoms with Crippen LogP contribution in [0.5, 0.6) is 0 Å². The first-order valence-corrected chi connectivity index (χ1v) is 16.1. The van der Waals surface area contributed by atoms with E-state index in [0.29, 0.717) is 54.9 Å². The van der Waals surface area contributed by atoms with E-state index in [9.17, 15) is 14.4 Å². The zero-order chi connectivity index (χ0) is 30.0. The Bertz CT molecular complexity index is 1540. The number of rotatable bonds is 11. The van der Waals surface area contributed by atoms with Crippen LogP contribution in [0.2, 0.25) is 0 Å². The molecule has 2 aliphatic heterocycles. The van der Waals surface area contributed by atoms with Crippen LogP contribution < -0.4 is 20.4 Å². The van der Waals surface area contributed by atoms with Gasteiger partial charge in [-0.15, -0.1) is 0 Å². The molecule has 7 rings (SSSR count). The topological polar surface area (TPSA) is 111 Å². The number of likely N-dealkylation sites (tertiary alicyclic amines) is 1. The maximum Gasteiger partial charge on any atom is 0.277 e. The summed E-state index contributed by atoms with van der Waals surface area (Å²) in [4.78, 5) is 49.3. The number of anilines is 3. The summed E-state index contributed by atoms with van der Waals surface area (Å²) in [5.74, 6) is 1.23. The third-order valence-electron chi connectivity index (χ3n) is 9.16. The number of aromatic nitrogens is 1. The smallest absolute Gasteiger partial charge is 0.277 e. The Morgan fingerprint density at radius 1 is 0.886 bits per heavy atom. The molecule has 2 aromatic carbocycles. The van der Waals surface area contributed by atoms with Gasteiger partial charge in [0.1, 0.15) is 6.26 Å². The average Bonchev–Trinajstić information content (AvgIpc) is 3.99. The predicted molar refractivity (Wildman–Crippen MR) is 168 cm³/mol. The minimum absolute atomic E-state index is 0.191. The quantitative estimate of drug-likeness (QED) is 0.308. The van der Waals surface area contributed by atoms with E-state index >= 15 is 0 Å². The zero-order valence-corrected chi connectivity index (χ0v) is 25.1. The largest absolute Gasteiger partial charge is 0.448 e. The van der Waals surface area contributed by atoms with Gasteiger partial charge in [0.2, 0.25) is 5.91 Å². The summed E-state index contributed by atoms with van der Waals surface area (Å²) in [5, 5.41) is 6.01. The lowest BCUT2D eigenvalue weighted by Crippen LogP contribution is -2.47. The van der Waals surface area contributed by atoms with Gasteiger partial charge < -0.3 is 29.8 Å². The van der Waals surface area contributed by atoms with Crippen molar-refractivity contribution in [2.24, 2.45) is 0 Å². The van der Waals surface area contributed by atoms with Gasteiger partial charge in [0, 0.05) is 69.4 Å². The van der Waals surface area contributed by atoms with Crippen LogP contribution in [0.4, 0.5) is 17.1 Å². The molecule has 230 valence electrons. The van der Waals surface area contributed by atoms with Crippen LogP contribution in [0.15, 0.2) is 53.1 Å². The number of hydrogen-bond donors (Lipinski definition) is 2. The highest BCUT2D eigenvalue weighted by atomic mass is 16.3. The van der Waals surface area contributed by atoms with E-state index in [1.54, 1.807) is 6.07 Å². The maximum absolute atomic E-state index is 13.3. The fourth-order valence-electron chi connectivity index (χ4n) is 6.37. The molecular weight excluding hydrogens is 556 g/mol. The van der Waals surface area contributed by atoms with Crippen molar-refractivity contribution in [2.75, 3.05) is 60.9 Å². The molecule has 2 N–H and O–H groups in total. The number of para-hydroxylation sites is 1. The third-order valence-corrected chi connectivity index (χ3v) is 9.16. The number of hydrogen-bond acceptors (Lipinski definition) is 7. The van der Waals surface area contributed by atoms with E-state index in [1.165, 1.54) is 30.4 Å². The van der Waals surface area contributed by atoms with E-state index < -0.39 is 0 Å². The molecule has 44 heavy (non-hydrogen) atoms. The molecule has 0 atom stereocenters. The predicted octanol–water partition coefficient (Wildman–Crippen LogP) is 4.75. The fourth-order valence-corrected chi connectivity index (χ4v) is 6.37. The number of nitrogens with one attached hydrogen (secondary N) is 2. The van der Waals surface area contributed by atoms with Gasteiger partial charge in [-0.1, -0.05) is 18.2 Å². The monoisotopic (exact) mass is 596 g/mol. The second-order valence-corrected chi connectivity index (χ2v) is 12.4. The van der Waals surface area contributed by atoms with Gasteiger partial charge in [-0.05, 0) is 74.3 Å². The minimum atomic E-state index is -0.355. The molecule has 3 aromatic rings. The first-order chi connectivity index (χ1) is 21.5. The standard InChI is InChI=1S/C34H40N6O4/c41-31-7-3-15-40(31)16-4-14-35-32(42)25-12-13-30(27(21-25)36-33(43)28-22-44-34(37-28)24-10-11-24)39-19-17-38(18-20-39)29-6-2-1-5-26(29)23-8-9-23/h1-2,5-6,12-13,21-24H,3-4,7-11,14-20H2,(H,35,42)(H,36,43). The Morgan fingerprint density at radius 3 is 2.36 bits per heavy atom. The van der Waals surface area contributed by atoms with Gasteiger partial charge >= 0.3 is 0 Å². The summed E-state index contributed by atoms with van der Waals surface area (Å²) in [5.41, 5.74) is 4.95. The van der Waals surface area contributed by atoms with E-state index in [1.807, 2.05) is 17.0 Å². The average molecular weight is 597 g/mol. The highest BCUT2D eigenvalue weighted by Crippen LogP contribution is 2.44. The Morgan fingerprint density at radius 2 is 1.64 bits per heavy atom. The van der Waals surface area contributed by atoms with E-state index in [0.717, 1.165) is 57.7 Å². The third kappa shape index (κ3) is 6.30. The molecule has 10 nitrogen and oxygen atoms in total.